The first-order chi connectivity index (χ1) is 9.08. The van der Waals surface area contributed by atoms with Crippen LogP contribution in [-0.2, 0) is 6.54 Å². The second-order valence-corrected chi connectivity index (χ2v) is 5.38. The maximum absolute atomic E-state index is 3.60. The Morgan fingerprint density at radius 1 is 0.895 bits per heavy atom. The molecule has 0 aliphatic carbocycles. The molecule has 2 rings (SSSR count). The molecule has 0 radical (unpaired) electrons. The third-order valence-electron chi connectivity index (χ3n) is 3.85. The van der Waals surface area contributed by atoms with E-state index in [1.165, 1.54) is 27.8 Å². The first kappa shape index (κ1) is 13.8. The largest absolute Gasteiger partial charge is 0.306 e. The summed E-state index contributed by atoms with van der Waals surface area (Å²) in [5.41, 5.74) is 6.85. The van der Waals surface area contributed by atoms with Crippen LogP contribution >= 0.6 is 0 Å². The molecule has 100 valence electrons. The fourth-order valence-electron chi connectivity index (χ4n) is 2.33. The molecule has 1 heteroatoms. The Morgan fingerprint density at radius 3 is 2.21 bits per heavy atom. The zero-order valence-corrected chi connectivity index (χ0v) is 12.3. The lowest BCUT2D eigenvalue weighted by Gasteiger charge is -2.16. The van der Waals surface area contributed by atoms with Crippen LogP contribution in [0.3, 0.4) is 0 Å². The van der Waals surface area contributed by atoms with E-state index in [-0.39, 0.29) is 0 Å². The predicted octanol–water partition coefficient (Wildman–Crippen LogP) is 4.46. The Morgan fingerprint density at radius 2 is 1.53 bits per heavy atom. The number of rotatable bonds is 4. The van der Waals surface area contributed by atoms with Gasteiger partial charge in [0.15, 0.2) is 0 Å². The molecule has 0 aromatic heterocycles. The van der Waals surface area contributed by atoms with Crippen LogP contribution in [0.1, 0.15) is 40.8 Å². The third kappa shape index (κ3) is 3.45. The standard InChI is InChI=1S/C18H23N/c1-13-10-15(3)18(11-14(13)2)12-19-16(4)17-8-6-5-7-9-17/h5-11,16,19H,12H2,1-4H3. The number of benzene rings is 2. The minimum Gasteiger partial charge on any atom is -0.306 e. The zero-order chi connectivity index (χ0) is 13.8. The molecule has 1 N–H and O–H groups in total. The van der Waals surface area contributed by atoms with Gasteiger partial charge in [-0.2, -0.15) is 0 Å². The van der Waals surface area contributed by atoms with Crippen LogP contribution in [0.4, 0.5) is 0 Å². The minimum atomic E-state index is 0.377. The van der Waals surface area contributed by atoms with E-state index in [9.17, 15) is 0 Å². The number of hydrogen-bond donors (Lipinski definition) is 1. The fraction of sp³-hybridized carbons (Fsp3) is 0.333. The van der Waals surface area contributed by atoms with Crippen molar-refractivity contribution in [2.24, 2.45) is 0 Å². The minimum absolute atomic E-state index is 0.377. The van der Waals surface area contributed by atoms with Gasteiger partial charge in [-0.3, -0.25) is 0 Å². The summed E-state index contributed by atoms with van der Waals surface area (Å²) in [4.78, 5) is 0. The summed E-state index contributed by atoms with van der Waals surface area (Å²) < 4.78 is 0. The van der Waals surface area contributed by atoms with Crippen LogP contribution in [0.25, 0.3) is 0 Å². The van der Waals surface area contributed by atoms with Gasteiger partial charge in [0, 0.05) is 12.6 Å². The van der Waals surface area contributed by atoms with E-state index >= 15 is 0 Å². The maximum Gasteiger partial charge on any atom is 0.0294 e. The number of hydrogen-bond acceptors (Lipinski definition) is 1. The summed E-state index contributed by atoms with van der Waals surface area (Å²) >= 11 is 0. The summed E-state index contributed by atoms with van der Waals surface area (Å²) in [5.74, 6) is 0. The molecule has 2 aromatic carbocycles. The van der Waals surface area contributed by atoms with Crippen molar-refractivity contribution in [3.05, 3.63) is 70.3 Å². The van der Waals surface area contributed by atoms with E-state index < -0.39 is 0 Å². The molecule has 0 heterocycles. The van der Waals surface area contributed by atoms with E-state index in [2.05, 4.69) is 75.5 Å². The highest BCUT2D eigenvalue weighted by molar-refractivity contribution is 5.36. The second-order valence-electron chi connectivity index (χ2n) is 5.38. The van der Waals surface area contributed by atoms with Crippen molar-refractivity contribution in [3.8, 4) is 0 Å². The summed E-state index contributed by atoms with van der Waals surface area (Å²) in [6, 6.07) is 15.5. The average Bonchev–Trinajstić information content (AvgIpc) is 2.42. The van der Waals surface area contributed by atoms with Crippen molar-refractivity contribution >= 4 is 0 Å². The molecular formula is C18H23N. The fourth-order valence-corrected chi connectivity index (χ4v) is 2.33. The van der Waals surface area contributed by atoms with Crippen molar-refractivity contribution in [1.82, 2.24) is 5.32 Å². The number of aryl methyl sites for hydroxylation is 3. The van der Waals surface area contributed by atoms with Crippen LogP contribution in [-0.4, -0.2) is 0 Å². The van der Waals surface area contributed by atoms with Gasteiger partial charge in [0.1, 0.15) is 0 Å². The van der Waals surface area contributed by atoms with Crippen LogP contribution in [0.5, 0.6) is 0 Å². The Hall–Kier alpha value is -1.60. The van der Waals surface area contributed by atoms with Crippen LogP contribution in [0, 0.1) is 20.8 Å². The Kier molecular flexibility index (Phi) is 4.39. The molecule has 1 atom stereocenters. The summed E-state index contributed by atoms with van der Waals surface area (Å²) in [6.45, 7) is 9.68. The lowest BCUT2D eigenvalue weighted by atomic mass is 10.0. The van der Waals surface area contributed by atoms with Gasteiger partial charge in [0.2, 0.25) is 0 Å². The molecule has 2 aromatic rings. The van der Waals surface area contributed by atoms with Gasteiger partial charge in [0.05, 0.1) is 0 Å². The van der Waals surface area contributed by atoms with Crippen molar-refractivity contribution < 1.29 is 0 Å². The van der Waals surface area contributed by atoms with Crippen molar-refractivity contribution in [3.63, 3.8) is 0 Å². The van der Waals surface area contributed by atoms with E-state index in [4.69, 9.17) is 0 Å². The third-order valence-corrected chi connectivity index (χ3v) is 3.85. The molecule has 0 aliphatic rings. The summed E-state index contributed by atoms with van der Waals surface area (Å²) in [6.07, 6.45) is 0. The molecule has 1 nitrogen and oxygen atoms in total. The van der Waals surface area contributed by atoms with Gasteiger partial charge in [-0.15, -0.1) is 0 Å². The van der Waals surface area contributed by atoms with Crippen LogP contribution < -0.4 is 5.32 Å². The average molecular weight is 253 g/mol. The number of nitrogens with one attached hydrogen (secondary N) is 1. The van der Waals surface area contributed by atoms with Gasteiger partial charge >= 0.3 is 0 Å². The first-order valence-corrected chi connectivity index (χ1v) is 6.93. The normalized spacial score (nSPS) is 12.4. The van der Waals surface area contributed by atoms with Gasteiger partial charge in [-0.05, 0) is 55.5 Å². The molecule has 0 amide bonds. The van der Waals surface area contributed by atoms with E-state index in [0.717, 1.165) is 6.54 Å². The Balaban J connectivity index is 2.05. The summed E-state index contributed by atoms with van der Waals surface area (Å²) in [7, 11) is 0. The molecule has 0 saturated heterocycles. The van der Waals surface area contributed by atoms with Gasteiger partial charge in [0.25, 0.3) is 0 Å². The predicted molar refractivity (Wildman–Crippen MR) is 82.3 cm³/mol. The highest BCUT2D eigenvalue weighted by Gasteiger charge is 2.06. The monoisotopic (exact) mass is 253 g/mol. The molecule has 19 heavy (non-hydrogen) atoms. The topological polar surface area (TPSA) is 12.0 Å². The van der Waals surface area contributed by atoms with E-state index in [1.807, 2.05) is 0 Å². The van der Waals surface area contributed by atoms with E-state index in [0.29, 0.717) is 6.04 Å². The molecule has 1 unspecified atom stereocenters. The lowest BCUT2D eigenvalue weighted by molar-refractivity contribution is 0.573. The van der Waals surface area contributed by atoms with Gasteiger partial charge in [-0.1, -0.05) is 42.5 Å². The molecule has 0 aliphatic heterocycles. The highest BCUT2D eigenvalue weighted by atomic mass is 14.9. The van der Waals surface area contributed by atoms with Crippen molar-refractivity contribution in [2.75, 3.05) is 0 Å². The zero-order valence-electron chi connectivity index (χ0n) is 12.3. The van der Waals surface area contributed by atoms with Crippen molar-refractivity contribution in [2.45, 2.75) is 40.3 Å². The highest BCUT2D eigenvalue weighted by Crippen LogP contribution is 2.17. The second kappa shape index (κ2) is 6.03. The molecule has 0 bridgehead atoms. The van der Waals surface area contributed by atoms with E-state index in [1.54, 1.807) is 0 Å². The van der Waals surface area contributed by atoms with Gasteiger partial charge in [-0.25, -0.2) is 0 Å². The molecule has 0 fully saturated rings. The summed E-state index contributed by atoms with van der Waals surface area (Å²) in [5, 5.41) is 3.60. The van der Waals surface area contributed by atoms with Gasteiger partial charge < -0.3 is 5.32 Å². The van der Waals surface area contributed by atoms with Crippen molar-refractivity contribution in [1.29, 1.82) is 0 Å². The first-order valence-electron chi connectivity index (χ1n) is 6.93. The SMILES string of the molecule is Cc1cc(C)c(CNC(C)c2ccccc2)cc1C. The van der Waals surface area contributed by atoms with Crippen LogP contribution in [0.15, 0.2) is 42.5 Å². The van der Waals surface area contributed by atoms with Crippen LogP contribution in [0.2, 0.25) is 0 Å². The molecule has 0 saturated carbocycles. The quantitative estimate of drug-likeness (QED) is 0.848. The smallest absolute Gasteiger partial charge is 0.0294 e. The molecular weight excluding hydrogens is 230 g/mol. The lowest BCUT2D eigenvalue weighted by Crippen LogP contribution is -2.18. The Bertz CT molecular complexity index is 543. The molecule has 0 spiro atoms. The maximum atomic E-state index is 3.60. The Labute approximate surface area is 116 Å².